The fourth-order valence-corrected chi connectivity index (χ4v) is 1.96. The van der Waals surface area contributed by atoms with Crippen LogP contribution < -0.4 is 5.06 Å². The molecule has 2 rings (SSSR count). The zero-order valence-electron chi connectivity index (χ0n) is 8.74. The number of hydrogen-bond donors (Lipinski definition) is 0. The van der Waals surface area contributed by atoms with Gasteiger partial charge in [0.1, 0.15) is 0 Å². The molecular weight excluding hydrogens is 174 g/mol. The van der Waals surface area contributed by atoms with Gasteiger partial charge >= 0.3 is 0 Å². The van der Waals surface area contributed by atoms with Crippen molar-refractivity contribution in [3.8, 4) is 0 Å². The van der Waals surface area contributed by atoms with Crippen LogP contribution in [0.4, 0.5) is 5.69 Å². The minimum atomic E-state index is -0.432. The first-order chi connectivity index (χ1) is 6.52. The van der Waals surface area contributed by atoms with Crippen molar-refractivity contribution in [2.45, 2.75) is 26.3 Å². The molecule has 1 aromatic rings. The molecule has 0 saturated heterocycles. The predicted octanol–water partition coefficient (Wildman–Crippen LogP) is 3.19. The van der Waals surface area contributed by atoms with Gasteiger partial charge in [-0.2, -0.15) is 0 Å². The van der Waals surface area contributed by atoms with Crippen LogP contribution in [0.1, 0.15) is 26.3 Å². The molecule has 0 radical (unpaired) electrons. The summed E-state index contributed by atoms with van der Waals surface area (Å²) < 4.78 is 0. The topological polar surface area (TPSA) is 26.3 Å². The molecule has 14 heavy (non-hydrogen) atoms. The van der Waals surface area contributed by atoms with Gasteiger partial charge in [-0.25, -0.2) is 0 Å². The normalized spacial score (nSPS) is 18.9. The first kappa shape index (κ1) is 9.28. The van der Waals surface area contributed by atoms with Crippen LogP contribution in [-0.2, 0) is 0 Å². The van der Waals surface area contributed by atoms with Crippen LogP contribution in [0.5, 0.6) is 0 Å². The van der Waals surface area contributed by atoms with Crippen molar-refractivity contribution in [3.05, 3.63) is 41.1 Å². The summed E-state index contributed by atoms with van der Waals surface area (Å²) in [5.41, 5.74) is 2.57. The van der Waals surface area contributed by atoms with Gasteiger partial charge in [0.05, 0.1) is 0 Å². The molecule has 74 valence electrons. The van der Waals surface area contributed by atoms with Crippen molar-refractivity contribution >= 4 is 11.3 Å². The summed E-state index contributed by atoms with van der Waals surface area (Å²) in [7, 11) is 0. The van der Waals surface area contributed by atoms with Crippen molar-refractivity contribution in [3.63, 3.8) is 0 Å². The number of allylic oxidation sites excluding steroid dienone is 1. The van der Waals surface area contributed by atoms with Gasteiger partial charge in [-0.3, -0.25) is 0 Å². The van der Waals surface area contributed by atoms with Crippen molar-refractivity contribution in [1.29, 1.82) is 0 Å². The lowest BCUT2D eigenvalue weighted by Gasteiger charge is -2.48. The number of nitrogens with zero attached hydrogens (tertiary/aromatic N) is 1. The van der Waals surface area contributed by atoms with E-state index in [9.17, 15) is 5.21 Å². The second-order valence-electron chi connectivity index (χ2n) is 4.29. The summed E-state index contributed by atoms with van der Waals surface area (Å²) >= 11 is 0. The molecule has 1 heterocycles. The molecule has 0 atom stereocenters. The molecule has 0 bridgehead atoms. The van der Waals surface area contributed by atoms with Gasteiger partial charge in [0.2, 0.25) is 0 Å². The standard InChI is InChI=1S/C12H14NO/c1-9-8-12(2,3)13(14)11-7-5-4-6-10(9)11/h4-8H,1-3H3/q-1. The minimum Gasteiger partial charge on any atom is -0.758 e. The molecular formula is C12H14NO-. The van der Waals surface area contributed by atoms with Crippen LogP contribution >= 0.6 is 0 Å². The number of hydroxylamine groups is 1. The Kier molecular flexibility index (Phi) is 1.89. The van der Waals surface area contributed by atoms with E-state index in [1.54, 1.807) is 0 Å². The molecule has 2 nitrogen and oxygen atoms in total. The Morgan fingerprint density at radius 1 is 1.21 bits per heavy atom. The summed E-state index contributed by atoms with van der Waals surface area (Å²) in [6, 6.07) is 7.72. The van der Waals surface area contributed by atoms with Crippen LogP contribution in [0.25, 0.3) is 5.57 Å². The SMILES string of the molecule is CC1=CC(C)(C)N([O-])c2ccccc21. The molecule has 1 aromatic carbocycles. The zero-order chi connectivity index (χ0) is 10.3. The Bertz CT molecular complexity index is 393. The second-order valence-corrected chi connectivity index (χ2v) is 4.29. The van der Waals surface area contributed by atoms with E-state index in [0.29, 0.717) is 0 Å². The van der Waals surface area contributed by atoms with Crippen molar-refractivity contribution in [1.82, 2.24) is 0 Å². The Hall–Kier alpha value is -1.28. The van der Waals surface area contributed by atoms with E-state index in [0.717, 1.165) is 16.3 Å². The third kappa shape index (κ3) is 1.23. The van der Waals surface area contributed by atoms with E-state index in [1.807, 2.05) is 51.1 Å². The predicted molar refractivity (Wildman–Crippen MR) is 60.0 cm³/mol. The van der Waals surface area contributed by atoms with Crippen molar-refractivity contribution in [2.75, 3.05) is 5.06 Å². The molecule has 2 heteroatoms. The van der Waals surface area contributed by atoms with Crippen LogP contribution in [0, 0.1) is 5.21 Å². The van der Waals surface area contributed by atoms with Gasteiger partial charge in [-0.05, 0) is 38.0 Å². The van der Waals surface area contributed by atoms with Crippen LogP contribution in [-0.4, -0.2) is 5.54 Å². The fraction of sp³-hybridized carbons (Fsp3) is 0.333. The molecule has 0 unspecified atom stereocenters. The van der Waals surface area contributed by atoms with Gasteiger partial charge < -0.3 is 10.3 Å². The summed E-state index contributed by atoms with van der Waals surface area (Å²) in [5.74, 6) is 0. The first-order valence-corrected chi connectivity index (χ1v) is 4.78. The van der Waals surface area contributed by atoms with Crippen LogP contribution in [0.15, 0.2) is 30.3 Å². The van der Waals surface area contributed by atoms with Crippen LogP contribution in [0.3, 0.4) is 0 Å². The number of benzene rings is 1. The average molecular weight is 188 g/mol. The molecule has 1 aliphatic heterocycles. The van der Waals surface area contributed by atoms with Gasteiger partial charge in [-0.1, -0.05) is 24.3 Å². The maximum Gasteiger partial charge on any atom is 0.0423 e. The smallest absolute Gasteiger partial charge is 0.0423 e. The maximum absolute atomic E-state index is 12.0. The lowest BCUT2D eigenvalue weighted by atomic mass is 9.91. The van der Waals surface area contributed by atoms with E-state index in [2.05, 4.69) is 0 Å². The largest absolute Gasteiger partial charge is 0.758 e. The Morgan fingerprint density at radius 2 is 1.86 bits per heavy atom. The van der Waals surface area contributed by atoms with Crippen molar-refractivity contribution in [2.24, 2.45) is 0 Å². The summed E-state index contributed by atoms with van der Waals surface area (Å²) in [5, 5.41) is 13.0. The second kappa shape index (κ2) is 2.85. The molecule has 0 fully saturated rings. The highest BCUT2D eigenvalue weighted by molar-refractivity contribution is 5.81. The average Bonchev–Trinajstić information content (AvgIpc) is 2.14. The lowest BCUT2D eigenvalue weighted by Crippen LogP contribution is -2.40. The fourth-order valence-electron chi connectivity index (χ4n) is 1.96. The van der Waals surface area contributed by atoms with E-state index in [-0.39, 0.29) is 0 Å². The highest BCUT2D eigenvalue weighted by atomic mass is 16.5. The number of hydrogen-bond acceptors (Lipinski definition) is 2. The number of para-hydroxylation sites is 1. The molecule has 1 aliphatic rings. The monoisotopic (exact) mass is 188 g/mol. The van der Waals surface area contributed by atoms with E-state index in [1.165, 1.54) is 5.57 Å². The summed E-state index contributed by atoms with van der Waals surface area (Å²) in [4.78, 5) is 0. The quantitative estimate of drug-likeness (QED) is 0.625. The lowest BCUT2D eigenvalue weighted by molar-refractivity contribution is 0.619. The van der Waals surface area contributed by atoms with Crippen molar-refractivity contribution < 1.29 is 0 Å². The van der Waals surface area contributed by atoms with Gasteiger partial charge in [0.25, 0.3) is 0 Å². The maximum atomic E-state index is 12.0. The highest BCUT2D eigenvalue weighted by Crippen LogP contribution is 2.37. The third-order valence-electron chi connectivity index (χ3n) is 2.64. The zero-order valence-corrected chi connectivity index (χ0v) is 8.74. The summed E-state index contributed by atoms with van der Waals surface area (Å²) in [6.45, 7) is 5.91. The number of rotatable bonds is 0. The van der Waals surface area contributed by atoms with Crippen LogP contribution in [0.2, 0.25) is 0 Å². The summed E-state index contributed by atoms with van der Waals surface area (Å²) in [6.07, 6.45) is 2.02. The number of fused-ring (bicyclic) bond motifs is 1. The van der Waals surface area contributed by atoms with Gasteiger partial charge in [0.15, 0.2) is 0 Å². The highest BCUT2D eigenvalue weighted by Gasteiger charge is 2.24. The first-order valence-electron chi connectivity index (χ1n) is 4.78. The number of anilines is 1. The minimum absolute atomic E-state index is 0.432. The van der Waals surface area contributed by atoms with Gasteiger partial charge in [-0.15, -0.1) is 0 Å². The Balaban J connectivity index is 2.63. The van der Waals surface area contributed by atoms with Gasteiger partial charge in [0, 0.05) is 11.2 Å². The molecule has 0 amide bonds. The molecule has 0 spiro atoms. The third-order valence-corrected chi connectivity index (χ3v) is 2.64. The molecule has 0 saturated carbocycles. The Morgan fingerprint density at radius 3 is 2.57 bits per heavy atom. The van der Waals surface area contributed by atoms with E-state index < -0.39 is 5.54 Å². The van der Waals surface area contributed by atoms with E-state index in [4.69, 9.17) is 0 Å². The Labute approximate surface area is 84.4 Å². The molecule has 0 aliphatic carbocycles. The van der Waals surface area contributed by atoms with E-state index >= 15 is 0 Å². The molecule has 0 aromatic heterocycles. The molecule has 0 N–H and O–H groups in total.